The number of carbonyl (C=O) groups is 3. The second-order valence-corrected chi connectivity index (χ2v) is 16.5. The van der Waals surface area contributed by atoms with Gasteiger partial charge in [0.05, 0.1) is 22.7 Å². The summed E-state index contributed by atoms with van der Waals surface area (Å²) in [6, 6.07) is 22.0. The molecule has 2 N–H and O–H groups in total. The van der Waals surface area contributed by atoms with Crippen molar-refractivity contribution in [2.45, 2.75) is 36.5 Å². The van der Waals surface area contributed by atoms with E-state index < -0.39 is 30.1 Å². The zero-order valence-electron chi connectivity index (χ0n) is 30.9. The predicted molar refractivity (Wildman–Crippen MR) is 216 cm³/mol. The SMILES string of the molecule is CC1=CC(c2ccc[nH]2)=[N+]2C1=Cc1ccc(CCC(=O)CC3C(=O)N4C(C(=O)O)=C(CSc5ccc(N=Nc6ccc(N(C)C)cc6)cc5)CSC34)n1[B-]2(F)F. The van der Waals surface area contributed by atoms with Crippen molar-refractivity contribution in [1.82, 2.24) is 14.4 Å². The number of β-lactam (4-membered cyclic amide) rings is 1. The van der Waals surface area contributed by atoms with Gasteiger partial charge in [0.2, 0.25) is 5.91 Å². The monoisotopic (exact) mass is 793 g/mol. The number of allylic oxidation sites excluding steroid dienone is 2. The predicted octanol–water partition coefficient (Wildman–Crippen LogP) is 7.89. The highest BCUT2D eigenvalue weighted by atomic mass is 32.2. The maximum absolute atomic E-state index is 16.3. The smallest absolute Gasteiger partial charge is 0.477 e. The molecule has 11 nitrogen and oxygen atoms in total. The highest BCUT2D eigenvalue weighted by molar-refractivity contribution is 8.01. The Bertz CT molecular complexity index is 2400. The van der Waals surface area contributed by atoms with E-state index in [2.05, 4.69) is 15.2 Å². The largest absolute Gasteiger partial charge is 0.737 e. The van der Waals surface area contributed by atoms with Gasteiger partial charge in [0.15, 0.2) is 11.4 Å². The van der Waals surface area contributed by atoms with Gasteiger partial charge in [0.25, 0.3) is 0 Å². The Morgan fingerprint density at radius 1 is 1.04 bits per heavy atom. The Hall–Kier alpha value is -5.48. The molecule has 56 heavy (non-hydrogen) atoms. The normalized spacial score (nSPS) is 19.7. The van der Waals surface area contributed by atoms with Gasteiger partial charge in [-0.15, -0.1) is 23.5 Å². The molecule has 0 radical (unpaired) electrons. The summed E-state index contributed by atoms with van der Waals surface area (Å²) in [6.07, 6.45) is 5.17. The topological polar surface area (TPSA) is 126 Å². The Balaban J connectivity index is 0.883. The Labute approximate surface area is 330 Å². The number of fused-ring (bicyclic) bond motifs is 3. The maximum atomic E-state index is 16.3. The van der Waals surface area contributed by atoms with Gasteiger partial charge in [-0.05, 0) is 97.4 Å². The molecule has 1 saturated heterocycles. The van der Waals surface area contributed by atoms with Crippen molar-refractivity contribution >= 4 is 77.0 Å². The lowest BCUT2D eigenvalue weighted by atomic mass is 9.88. The number of azo groups is 1. The van der Waals surface area contributed by atoms with Crippen LogP contribution in [-0.2, 0) is 20.8 Å². The first kappa shape index (κ1) is 37.4. The Morgan fingerprint density at radius 2 is 1.75 bits per heavy atom. The molecule has 0 saturated carbocycles. The van der Waals surface area contributed by atoms with E-state index in [1.54, 1.807) is 42.6 Å². The summed E-state index contributed by atoms with van der Waals surface area (Å²) in [5, 5.41) is 18.3. The number of carboxylic acids is 1. The van der Waals surface area contributed by atoms with Gasteiger partial charge in [0, 0.05) is 78.6 Å². The number of nitrogens with one attached hydrogen (secondary N) is 1. The van der Waals surface area contributed by atoms with E-state index in [1.165, 1.54) is 28.4 Å². The molecule has 2 aromatic carbocycles. The minimum Gasteiger partial charge on any atom is -0.477 e. The molecule has 0 spiro atoms. The van der Waals surface area contributed by atoms with Gasteiger partial charge in [-0.2, -0.15) is 10.2 Å². The molecule has 1 fully saturated rings. The second-order valence-electron chi connectivity index (χ2n) is 14.3. The summed E-state index contributed by atoms with van der Waals surface area (Å²) < 4.78 is 34.8. The van der Waals surface area contributed by atoms with Gasteiger partial charge in [-0.3, -0.25) is 14.5 Å². The van der Waals surface area contributed by atoms with Crippen LogP contribution in [0.25, 0.3) is 6.08 Å². The number of ketones is 1. The van der Waals surface area contributed by atoms with Crippen LogP contribution in [-0.4, -0.2) is 85.3 Å². The molecule has 286 valence electrons. The number of hydrogen-bond donors (Lipinski definition) is 2. The van der Waals surface area contributed by atoms with Crippen LogP contribution in [0.3, 0.4) is 0 Å². The summed E-state index contributed by atoms with van der Waals surface area (Å²) in [5.41, 5.74) is 5.93. The number of aryl methyl sites for hydroxylation is 1. The summed E-state index contributed by atoms with van der Waals surface area (Å²) >= 11 is 2.91. The zero-order chi connectivity index (χ0) is 39.3. The Kier molecular flexibility index (Phi) is 9.95. The van der Waals surface area contributed by atoms with E-state index >= 15 is 8.63 Å². The first-order valence-electron chi connectivity index (χ1n) is 18.2. The van der Waals surface area contributed by atoms with Crippen molar-refractivity contribution in [2.75, 3.05) is 30.5 Å². The number of aromatic nitrogens is 2. The second kappa shape index (κ2) is 14.9. The third-order valence-corrected chi connectivity index (χ3v) is 12.9. The summed E-state index contributed by atoms with van der Waals surface area (Å²) in [4.78, 5) is 46.4. The zero-order valence-corrected chi connectivity index (χ0v) is 32.5. The fraction of sp³-hybridized carbons (Fsp3) is 0.250. The van der Waals surface area contributed by atoms with Crippen molar-refractivity contribution in [3.05, 3.63) is 125 Å². The van der Waals surface area contributed by atoms with Crippen LogP contribution < -0.4 is 4.90 Å². The number of hydrogen-bond acceptors (Lipinski definition) is 8. The number of nitrogens with zero attached hydrogens (tertiary/aromatic N) is 6. The summed E-state index contributed by atoms with van der Waals surface area (Å²) in [5.74, 6) is -1.71. The fourth-order valence-corrected chi connectivity index (χ4v) is 10.1. The van der Waals surface area contributed by atoms with Crippen LogP contribution in [0.2, 0.25) is 0 Å². The molecule has 0 bridgehead atoms. The third kappa shape index (κ3) is 6.85. The number of H-pyrrole nitrogens is 1. The quantitative estimate of drug-likeness (QED) is 0.0611. The van der Waals surface area contributed by atoms with Crippen molar-refractivity contribution in [3.63, 3.8) is 0 Å². The van der Waals surface area contributed by atoms with Crippen LogP contribution in [0.15, 0.2) is 123 Å². The van der Waals surface area contributed by atoms with Crippen molar-refractivity contribution in [2.24, 2.45) is 16.1 Å². The number of halogens is 2. The first-order chi connectivity index (χ1) is 26.9. The van der Waals surface area contributed by atoms with Gasteiger partial charge in [0.1, 0.15) is 17.2 Å². The fourth-order valence-electron chi connectivity index (χ4n) is 7.60. The molecule has 6 heterocycles. The standard InChI is InChI=1S/C40H38BF2N7O4S2/c1-24-19-36(34-5-4-18-44-34)50-35(24)20-30-13-12-29(49(30)41(50,42)43)14-15-31(51)21-33-38(52)48-37(40(53)54)25(23-56-39(33)48)22-55-32-16-8-27(9-17-32)46-45-26-6-10-28(11-7-26)47(2)3/h4-13,16-20,33,39,44H,14-15,21-23H2,1-3H3,(H,53,54). The van der Waals surface area contributed by atoms with Gasteiger partial charge in [-0.25, -0.2) is 4.79 Å². The number of thioether (sulfide) groups is 2. The first-order valence-corrected chi connectivity index (χ1v) is 20.2. The molecule has 4 aliphatic heterocycles. The number of carbonyl (C=O) groups excluding carboxylic acids is 2. The number of amides is 1. The van der Waals surface area contributed by atoms with E-state index in [0.717, 1.165) is 30.8 Å². The highest BCUT2D eigenvalue weighted by Crippen LogP contribution is 2.46. The number of Topliss-reactive ketones (excluding diaryl/α,β-unsaturated/α-hetero) is 1. The molecule has 2 aromatic heterocycles. The van der Waals surface area contributed by atoms with Gasteiger partial charge in [-0.1, -0.05) is 0 Å². The maximum Gasteiger partial charge on any atom is 0.737 e. The minimum absolute atomic E-state index is 0.0224. The van der Waals surface area contributed by atoms with Crippen LogP contribution in [0.4, 0.5) is 25.7 Å². The number of rotatable bonds is 13. The van der Waals surface area contributed by atoms with Crippen molar-refractivity contribution in [1.29, 1.82) is 0 Å². The molecule has 0 aliphatic carbocycles. The molecule has 2 unspecified atom stereocenters. The molecule has 16 heteroatoms. The molecular weight excluding hydrogens is 755 g/mol. The highest BCUT2D eigenvalue weighted by Gasteiger charge is 2.55. The molecule has 4 aliphatic rings. The third-order valence-electron chi connectivity index (χ3n) is 10.5. The lowest BCUT2D eigenvalue weighted by Gasteiger charge is -2.49. The number of anilines is 1. The van der Waals surface area contributed by atoms with Crippen LogP contribution in [0, 0.1) is 5.92 Å². The average Bonchev–Trinajstić information content (AvgIpc) is 3.95. The van der Waals surface area contributed by atoms with Gasteiger partial charge >= 0.3 is 12.9 Å². The van der Waals surface area contributed by atoms with Crippen LogP contribution in [0.5, 0.6) is 0 Å². The molecule has 2 atom stereocenters. The Morgan fingerprint density at radius 3 is 2.41 bits per heavy atom. The van der Waals surface area contributed by atoms with Crippen LogP contribution in [0.1, 0.15) is 36.8 Å². The van der Waals surface area contributed by atoms with Crippen molar-refractivity contribution in [3.8, 4) is 0 Å². The lowest BCUT2D eigenvalue weighted by molar-refractivity contribution is -0.362. The van der Waals surface area contributed by atoms with Crippen LogP contribution >= 0.6 is 23.5 Å². The molecule has 4 aromatic rings. The van der Waals surface area contributed by atoms with E-state index in [-0.39, 0.29) is 30.7 Å². The number of carboxylic acid groups (broad SMARTS) is 1. The minimum atomic E-state index is -4.26. The lowest BCUT2D eigenvalue weighted by Crippen LogP contribution is -2.61. The number of aliphatic carboxylic acids is 1. The van der Waals surface area contributed by atoms with E-state index in [4.69, 9.17) is 0 Å². The molecule has 1 amide bonds. The van der Waals surface area contributed by atoms with E-state index in [1.807, 2.05) is 74.4 Å². The molecular formula is C40H38BF2N7O4S2. The van der Waals surface area contributed by atoms with E-state index in [0.29, 0.717) is 51.3 Å². The van der Waals surface area contributed by atoms with E-state index in [9.17, 15) is 19.5 Å². The summed E-state index contributed by atoms with van der Waals surface area (Å²) in [6.45, 7) is -2.45. The molecule has 8 rings (SSSR count). The van der Waals surface area contributed by atoms with Gasteiger partial charge < -0.3 is 32.6 Å². The van der Waals surface area contributed by atoms with Crippen molar-refractivity contribution < 1.29 is 32.6 Å². The number of aromatic amines is 1. The number of benzene rings is 2. The summed E-state index contributed by atoms with van der Waals surface area (Å²) in [7, 11) is 3.94. The average molecular weight is 794 g/mol.